The molecule has 1 rings (SSSR count). The first-order valence-electron chi connectivity index (χ1n) is 6.56. The SMILES string of the molecule is CO[C@H]1O[C@@H](CI)[C@@H](OC(C)=O)[C@@H](OC(C)=O)[C@H]1OC(C)=O. The zero-order valence-electron chi connectivity index (χ0n) is 12.7. The lowest BCUT2D eigenvalue weighted by Crippen LogP contribution is -2.62. The molecule has 0 saturated carbocycles. The average Bonchev–Trinajstić information content (AvgIpc) is 2.41. The fourth-order valence-electron chi connectivity index (χ4n) is 2.17. The van der Waals surface area contributed by atoms with Gasteiger partial charge in [-0.15, -0.1) is 0 Å². The third-order valence-electron chi connectivity index (χ3n) is 2.88. The van der Waals surface area contributed by atoms with Crippen molar-refractivity contribution in [1.29, 1.82) is 0 Å². The van der Waals surface area contributed by atoms with Gasteiger partial charge >= 0.3 is 17.9 Å². The number of methoxy groups -OCH3 is 1. The lowest BCUT2D eigenvalue weighted by atomic mass is 9.99. The molecule has 0 spiro atoms. The van der Waals surface area contributed by atoms with Crippen LogP contribution in [0.15, 0.2) is 0 Å². The standard InChI is InChI=1S/C13H19IO8/c1-6(15)19-10-9(5-14)22-13(18-4)12(21-8(3)17)11(10)20-7(2)16/h9-13H,5H2,1-4H3/t9-,10+,11+,12+,13-/m0/s1. The summed E-state index contributed by atoms with van der Waals surface area (Å²) in [4.78, 5) is 34.0. The molecule has 1 saturated heterocycles. The van der Waals surface area contributed by atoms with Crippen LogP contribution >= 0.6 is 22.6 Å². The van der Waals surface area contributed by atoms with Gasteiger partial charge in [-0.05, 0) is 0 Å². The molecule has 0 unspecified atom stereocenters. The third-order valence-corrected chi connectivity index (χ3v) is 3.75. The number of hydrogen-bond acceptors (Lipinski definition) is 8. The van der Waals surface area contributed by atoms with Gasteiger partial charge in [0.15, 0.2) is 24.6 Å². The molecular formula is C13H19IO8. The Hall–Kier alpha value is -0.940. The van der Waals surface area contributed by atoms with E-state index in [-0.39, 0.29) is 0 Å². The van der Waals surface area contributed by atoms with E-state index in [1.165, 1.54) is 27.9 Å². The highest BCUT2D eigenvalue weighted by Crippen LogP contribution is 2.30. The van der Waals surface area contributed by atoms with E-state index < -0.39 is 48.6 Å². The summed E-state index contributed by atoms with van der Waals surface area (Å²) in [6, 6.07) is 0. The van der Waals surface area contributed by atoms with Gasteiger partial charge in [-0.2, -0.15) is 0 Å². The molecule has 8 nitrogen and oxygen atoms in total. The minimum atomic E-state index is -1.03. The molecule has 0 radical (unpaired) electrons. The lowest BCUT2D eigenvalue weighted by Gasteiger charge is -2.43. The van der Waals surface area contributed by atoms with Crippen molar-refractivity contribution in [2.75, 3.05) is 11.5 Å². The highest BCUT2D eigenvalue weighted by atomic mass is 127. The Balaban J connectivity index is 3.14. The number of carbonyl (C=O) groups is 3. The summed E-state index contributed by atoms with van der Waals surface area (Å²) in [5.74, 6) is -1.75. The van der Waals surface area contributed by atoms with Crippen molar-refractivity contribution in [3.63, 3.8) is 0 Å². The summed E-state index contributed by atoms with van der Waals surface area (Å²) in [5, 5.41) is 0. The normalized spacial score (nSPS) is 31.2. The molecule has 0 bridgehead atoms. The molecule has 1 aliphatic heterocycles. The highest BCUT2D eigenvalue weighted by molar-refractivity contribution is 14.1. The Morgan fingerprint density at radius 3 is 1.77 bits per heavy atom. The van der Waals surface area contributed by atoms with E-state index >= 15 is 0 Å². The Labute approximate surface area is 141 Å². The van der Waals surface area contributed by atoms with E-state index in [0.717, 1.165) is 0 Å². The molecule has 5 atom stereocenters. The summed E-state index contributed by atoms with van der Waals surface area (Å²) in [6.45, 7) is 3.66. The summed E-state index contributed by atoms with van der Waals surface area (Å²) in [6.07, 6.45) is -4.43. The molecule has 9 heteroatoms. The Morgan fingerprint density at radius 1 is 0.909 bits per heavy atom. The molecule has 0 amide bonds. The van der Waals surface area contributed by atoms with Gasteiger partial charge < -0.3 is 23.7 Å². The Bertz CT molecular complexity index is 396. The van der Waals surface area contributed by atoms with E-state index in [4.69, 9.17) is 23.7 Å². The molecule has 1 heterocycles. The predicted octanol–water partition coefficient (Wildman–Crippen LogP) is 0.588. The molecule has 0 N–H and O–H groups in total. The molecule has 22 heavy (non-hydrogen) atoms. The van der Waals surface area contributed by atoms with E-state index in [0.29, 0.717) is 4.43 Å². The first kappa shape index (κ1) is 19.1. The van der Waals surface area contributed by atoms with Gasteiger partial charge in [0.1, 0.15) is 6.10 Å². The Morgan fingerprint density at radius 2 is 1.36 bits per heavy atom. The minimum absolute atomic E-state index is 0.458. The number of halogens is 1. The molecule has 0 aromatic rings. The summed E-state index contributed by atoms with van der Waals surface area (Å²) < 4.78 is 26.9. The maximum atomic E-state index is 11.4. The van der Waals surface area contributed by atoms with E-state index in [2.05, 4.69) is 22.6 Å². The number of ether oxygens (including phenoxy) is 5. The van der Waals surface area contributed by atoms with Gasteiger partial charge in [-0.3, -0.25) is 14.4 Å². The number of esters is 3. The van der Waals surface area contributed by atoms with Crippen LogP contribution in [-0.4, -0.2) is 60.2 Å². The quantitative estimate of drug-likeness (QED) is 0.271. The number of rotatable bonds is 5. The van der Waals surface area contributed by atoms with Crippen molar-refractivity contribution in [1.82, 2.24) is 0 Å². The number of hydrogen-bond donors (Lipinski definition) is 0. The maximum Gasteiger partial charge on any atom is 0.303 e. The fraction of sp³-hybridized carbons (Fsp3) is 0.769. The van der Waals surface area contributed by atoms with Crippen molar-refractivity contribution < 1.29 is 38.1 Å². The topological polar surface area (TPSA) is 97.4 Å². The summed E-state index contributed by atoms with van der Waals surface area (Å²) in [7, 11) is 1.38. The van der Waals surface area contributed by atoms with Crippen molar-refractivity contribution in [3.8, 4) is 0 Å². The second kappa shape index (κ2) is 8.63. The Kier molecular flexibility index (Phi) is 7.49. The van der Waals surface area contributed by atoms with Crippen LogP contribution < -0.4 is 0 Å². The second-order valence-electron chi connectivity index (χ2n) is 4.66. The molecule has 0 aliphatic carbocycles. The van der Waals surface area contributed by atoms with Crippen molar-refractivity contribution in [2.24, 2.45) is 0 Å². The smallest absolute Gasteiger partial charge is 0.303 e. The van der Waals surface area contributed by atoms with Crippen LogP contribution in [0.4, 0.5) is 0 Å². The van der Waals surface area contributed by atoms with Gasteiger partial charge in [-0.1, -0.05) is 22.6 Å². The van der Waals surface area contributed by atoms with Crippen molar-refractivity contribution in [2.45, 2.75) is 51.5 Å². The number of alkyl halides is 1. The minimum Gasteiger partial charge on any atom is -0.456 e. The van der Waals surface area contributed by atoms with Crippen LogP contribution in [0, 0.1) is 0 Å². The van der Waals surface area contributed by atoms with E-state index in [1.54, 1.807) is 0 Å². The van der Waals surface area contributed by atoms with Gasteiger partial charge in [-0.25, -0.2) is 0 Å². The van der Waals surface area contributed by atoms with Crippen molar-refractivity contribution in [3.05, 3.63) is 0 Å². The van der Waals surface area contributed by atoms with Crippen LogP contribution in [0.25, 0.3) is 0 Å². The first-order valence-corrected chi connectivity index (χ1v) is 8.08. The van der Waals surface area contributed by atoms with Crippen LogP contribution in [-0.2, 0) is 38.1 Å². The maximum absolute atomic E-state index is 11.4. The largest absolute Gasteiger partial charge is 0.456 e. The number of carbonyl (C=O) groups excluding carboxylic acids is 3. The summed E-state index contributed by atoms with van der Waals surface area (Å²) >= 11 is 2.05. The molecular weight excluding hydrogens is 411 g/mol. The van der Waals surface area contributed by atoms with E-state index in [1.807, 2.05) is 0 Å². The molecule has 0 aromatic carbocycles. The van der Waals surface area contributed by atoms with Crippen LogP contribution in [0.2, 0.25) is 0 Å². The summed E-state index contributed by atoms with van der Waals surface area (Å²) in [5.41, 5.74) is 0. The zero-order chi connectivity index (χ0) is 16.9. The van der Waals surface area contributed by atoms with Gasteiger partial charge in [0.25, 0.3) is 0 Å². The van der Waals surface area contributed by atoms with Crippen LogP contribution in [0.3, 0.4) is 0 Å². The van der Waals surface area contributed by atoms with Gasteiger partial charge in [0.05, 0.1) is 0 Å². The molecule has 0 aromatic heterocycles. The lowest BCUT2D eigenvalue weighted by molar-refractivity contribution is -0.293. The monoisotopic (exact) mass is 430 g/mol. The van der Waals surface area contributed by atoms with Crippen LogP contribution in [0.5, 0.6) is 0 Å². The first-order chi connectivity index (χ1) is 10.3. The van der Waals surface area contributed by atoms with Crippen LogP contribution in [0.1, 0.15) is 20.8 Å². The fourth-order valence-corrected chi connectivity index (χ4v) is 2.88. The predicted molar refractivity (Wildman–Crippen MR) is 81.2 cm³/mol. The average molecular weight is 430 g/mol. The van der Waals surface area contributed by atoms with Gasteiger partial charge in [0, 0.05) is 32.3 Å². The van der Waals surface area contributed by atoms with Gasteiger partial charge in [0.2, 0.25) is 0 Å². The van der Waals surface area contributed by atoms with Crippen molar-refractivity contribution >= 4 is 40.5 Å². The highest BCUT2D eigenvalue weighted by Gasteiger charge is 2.51. The molecule has 126 valence electrons. The zero-order valence-corrected chi connectivity index (χ0v) is 14.9. The third kappa shape index (κ3) is 5.06. The van der Waals surface area contributed by atoms with E-state index in [9.17, 15) is 14.4 Å². The molecule has 1 aliphatic rings. The molecule has 1 fully saturated rings. The second-order valence-corrected chi connectivity index (χ2v) is 5.54.